The van der Waals surface area contributed by atoms with Crippen LogP contribution in [0.2, 0.25) is 0 Å². The zero-order valence-corrected chi connectivity index (χ0v) is 12.3. The third-order valence-corrected chi connectivity index (χ3v) is 3.91. The molecule has 2 atom stereocenters. The minimum atomic E-state index is -0.173. The fourth-order valence-corrected chi connectivity index (χ4v) is 2.55. The van der Waals surface area contributed by atoms with Crippen LogP contribution in [0.1, 0.15) is 38.3 Å². The number of hydrogen-bond donors (Lipinski definition) is 2. The highest BCUT2D eigenvalue weighted by molar-refractivity contribution is 9.10. The molecule has 0 radical (unpaired) electrons. The van der Waals surface area contributed by atoms with Crippen molar-refractivity contribution in [3.63, 3.8) is 0 Å². The summed E-state index contributed by atoms with van der Waals surface area (Å²) in [5, 5.41) is 6.34. The number of hydrogen-bond acceptors (Lipinski definition) is 2. The van der Waals surface area contributed by atoms with Crippen molar-refractivity contribution in [2.45, 2.75) is 44.8 Å². The minimum Gasteiger partial charge on any atom is -0.352 e. The first-order chi connectivity index (χ1) is 8.58. The van der Waals surface area contributed by atoms with Crippen molar-refractivity contribution < 1.29 is 4.79 Å². The lowest BCUT2D eigenvalue weighted by molar-refractivity contribution is -0.123. The Morgan fingerprint density at radius 1 is 1.33 bits per heavy atom. The van der Waals surface area contributed by atoms with Crippen LogP contribution in [-0.2, 0) is 4.79 Å². The van der Waals surface area contributed by atoms with E-state index in [1.54, 1.807) is 0 Å². The lowest BCUT2D eigenvalue weighted by Gasteiger charge is -2.20. The standard InChI is InChI=1S/C14H19BrN2O/c1-9(12-5-3-4-6-13(12)15)16-10(2)14(18)17-11-7-8-11/h3-6,9-11,16H,7-8H2,1-2H3,(H,17,18)/t9-,10?/m1/s1. The second-order valence-corrected chi connectivity index (χ2v) is 5.77. The normalized spacial score (nSPS) is 18.2. The van der Waals surface area contributed by atoms with Gasteiger partial charge in [0.25, 0.3) is 0 Å². The summed E-state index contributed by atoms with van der Waals surface area (Å²) in [5.74, 6) is 0.0939. The molecular formula is C14H19BrN2O. The van der Waals surface area contributed by atoms with Crippen molar-refractivity contribution in [2.75, 3.05) is 0 Å². The fourth-order valence-electron chi connectivity index (χ4n) is 1.92. The van der Waals surface area contributed by atoms with Crippen molar-refractivity contribution in [3.05, 3.63) is 34.3 Å². The SMILES string of the molecule is CC(N[C@H](C)c1ccccc1Br)C(=O)NC1CC1. The van der Waals surface area contributed by atoms with Gasteiger partial charge in [-0.15, -0.1) is 0 Å². The molecule has 1 aromatic carbocycles. The van der Waals surface area contributed by atoms with Gasteiger partial charge in [-0.05, 0) is 38.3 Å². The molecule has 18 heavy (non-hydrogen) atoms. The molecule has 98 valence electrons. The summed E-state index contributed by atoms with van der Waals surface area (Å²) in [4.78, 5) is 11.9. The predicted molar refractivity (Wildman–Crippen MR) is 76.3 cm³/mol. The number of rotatable bonds is 5. The number of amides is 1. The summed E-state index contributed by atoms with van der Waals surface area (Å²) in [6.45, 7) is 3.98. The Morgan fingerprint density at radius 3 is 2.61 bits per heavy atom. The van der Waals surface area contributed by atoms with Gasteiger partial charge in [0.2, 0.25) is 5.91 Å². The van der Waals surface area contributed by atoms with Crippen molar-refractivity contribution in [3.8, 4) is 0 Å². The molecule has 0 aromatic heterocycles. The van der Waals surface area contributed by atoms with Crippen molar-refractivity contribution in [1.82, 2.24) is 10.6 Å². The van der Waals surface area contributed by atoms with Crippen LogP contribution in [-0.4, -0.2) is 18.0 Å². The Labute approximate surface area is 116 Å². The van der Waals surface area contributed by atoms with Gasteiger partial charge >= 0.3 is 0 Å². The largest absolute Gasteiger partial charge is 0.352 e. The number of benzene rings is 1. The maximum absolute atomic E-state index is 11.9. The Bertz CT molecular complexity index is 432. The first kappa shape index (κ1) is 13.6. The highest BCUT2D eigenvalue weighted by Gasteiger charge is 2.26. The first-order valence-electron chi connectivity index (χ1n) is 6.39. The average Bonchev–Trinajstić information content (AvgIpc) is 3.13. The first-order valence-corrected chi connectivity index (χ1v) is 7.18. The molecule has 1 aliphatic carbocycles. The molecule has 2 rings (SSSR count). The minimum absolute atomic E-state index is 0.0939. The monoisotopic (exact) mass is 310 g/mol. The van der Waals surface area contributed by atoms with Gasteiger partial charge in [-0.2, -0.15) is 0 Å². The van der Waals surface area contributed by atoms with E-state index < -0.39 is 0 Å². The van der Waals surface area contributed by atoms with Crippen LogP contribution in [0.25, 0.3) is 0 Å². The van der Waals surface area contributed by atoms with E-state index in [-0.39, 0.29) is 18.0 Å². The molecule has 1 unspecified atom stereocenters. The Kier molecular flexibility index (Phi) is 4.40. The topological polar surface area (TPSA) is 41.1 Å². The summed E-state index contributed by atoms with van der Waals surface area (Å²) in [7, 11) is 0. The molecule has 0 saturated heterocycles. The van der Waals surface area contributed by atoms with Crippen LogP contribution in [0.15, 0.2) is 28.7 Å². The quantitative estimate of drug-likeness (QED) is 0.878. The van der Waals surface area contributed by atoms with Gasteiger partial charge < -0.3 is 5.32 Å². The van der Waals surface area contributed by atoms with E-state index in [4.69, 9.17) is 0 Å². The van der Waals surface area contributed by atoms with Crippen LogP contribution in [0.3, 0.4) is 0 Å². The van der Waals surface area contributed by atoms with Crippen LogP contribution in [0.4, 0.5) is 0 Å². The zero-order chi connectivity index (χ0) is 13.1. The van der Waals surface area contributed by atoms with Crippen LogP contribution >= 0.6 is 15.9 Å². The lowest BCUT2D eigenvalue weighted by atomic mass is 10.1. The molecule has 1 aromatic rings. The molecule has 1 saturated carbocycles. The number of carbonyl (C=O) groups is 1. The van der Waals surface area contributed by atoms with Gasteiger partial charge in [0.05, 0.1) is 6.04 Å². The summed E-state index contributed by atoms with van der Waals surface area (Å²) >= 11 is 3.53. The molecule has 0 spiro atoms. The van der Waals surface area contributed by atoms with Crippen LogP contribution in [0.5, 0.6) is 0 Å². The predicted octanol–water partition coefficient (Wildman–Crippen LogP) is 2.77. The van der Waals surface area contributed by atoms with Crippen molar-refractivity contribution >= 4 is 21.8 Å². The second-order valence-electron chi connectivity index (χ2n) is 4.91. The van der Waals surface area contributed by atoms with E-state index in [2.05, 4.69) is 39.6 Å². The molecule has 0 heterocycles. The van der Waals surface area contributed by atoms with E-state index in [9.17, 15) is 4.79 Å². The van der Waals surface area contributed by atoms with E-state index >= 15 is 0 Å². The maximum atomic E-state index is 11.9. The smallest absolute Gasteiger partial charge is 0.237 e. The average molecular weight is 311 g/mol. The lowest BCUT2D eigenvalue weighted by Crippen LogP contribution is -2.43. The Balaban J connectivity index is 1.91. The van der Waals surface area contributed by atoms with Gasteiger partial charge in [-0.3, -0.25) is 10.1 Å². The van der Waals surface area contributed by atoms with E-state index in [0.29, 0.717) is 6.04 Å². The molecule has 1 amide bonds. The van der Waals surface area contributed by atoms with Gasteiger partial charge in [0.1, 0.15) is 0 Å². The Morgan fingerprint density at radius 2 is 2.00 bits per heavy atom. The maximum Gasteiger partial charge on any atom is 0.237 e. The summed E-state index contributed by atoms with van der Waals surface area (Å²) in [5.41, 5.74) is 1.17. The molecule has 1 aliphatic rings. The Hall–Kier alpha value is -0.870. The van der Waals surface area contributed by atoms with E-state index in [1.807, 2.05) is 25.1 Å². The molecule has 2 N–H and O–H groups in total. The zero-order valence-electron chi connectivity index (χ0n) is 10.7. The molecule has 4 heteroatoms. The van der Waals surface area contributed by atoms with Crippen molar-refractivity contribution in [1.29, 1.82) is 0 Å². The molecular weight excluding hydrogens is 292 g/mol. The van der Waals surface area contributed by atoms with Crippen LogP contribution in [0, 0.1) is 0 Å². The highest BCUT2D eigenvalue weighted by Crippen LogP contribution is 2.23. The molecule has 0 bridgehead atoms. The molecule has 0 aliphatic heterocycles. The third-order valence-electron chi connectivity index (χ3n) is 3.19. The number of nitrogens with one attached hydrogen (secondary N) is 2. The third kappa shape index (κ3) is 3.56. The van der Waals surface area contributed by atoms with Gasteiger partial charge in [-0.25, -0.2) is 0 Å². The van der Waals surface area contributed by atoms with Crippen molar-refractivity contribution in [2.24, 2.45) is 0 Å². The van der Waals surface area contributed by atoms with Gasteiger partial charge in [-0.1, -0.05) is 34.1 Å². The van der Waals surface area contributed by atoms with Gasteiger partial charge in [0.15, 0.2) is 0 Å². The highest BCUT2D eigenvalue weighted by atomic mass is 79.9. The van der Waals surface area contributed by atoms with Crippen LogP contribution < -0.4 is 10.6 Å². The number of carbonyl (C=O) groups excluding carboxylic acids is 1. The van der Waals surface area contributed by atoms with Gasteiger partial charge in [0, 0.05) is 16.6 Å². The summed E-state index contributed by atoms with van der Waals surface area (Å²) in [6, 6.07) is 8.46. The molecule has 3 nitrogen and oxygen atoms in total. The summed E-state index contributed by atoms with van der Waals surface area (Å²) in [6.07, 6.45) is 2.25. The van der Waals surface area contributed by atoms with E-state index in [1.165, 1.54) is 5.56 Å². The summed E-state index contributed by atoms with van der Waals surface area (Å²) < 4.78 is 1.07. The second kappa shape index (κ2) is 5.85. The van der Waals surface area contributed by atoms with E-state index in [0.717, 1.165) is 17.3 Å². The number of halogens is 1. The fraction of sp³-hybridized carbons (Fsp3) is 0.500. The molecule has 1 fully saturated rings.